The molecular weight excluding hydrogens is 188 g/mol. The smallest absolute Gasteiger partial charge is 0.125 e. The molecule has 0 unspecified atom stereocenters. The Morgan fingerprint density at radius 3 is 2.67 bits per heavy atom. The Balaban J connectivity index is 2.34. The summed E-state index contributed by atoms with van der Waals surface area (Å²) in [6, 6.07) is 4.40. The highest BCUT2D eigenvalue weighted by molar-refractivity contribution is 5.47. The van der Waals surface area contributed by atoms with Gasteiger partial charge < -0.3 is 16.2 Å². The molecule has 0 aliphatic carbocycles. The number of rotatable bonds is 4. The van der Waals surface area contributed by atoms with Crippen molar-refractivity contribution in [3.8, 4) is 5.75 Å². The Labute approximate surface area is 90.4 Å². The van der Waals surface area contributed by atoms with Gasteiger partial charge in [-0.25, -0.2) is 0 Å². The van der Waals surface area contributed by atoms with Gasteiger partial charge in [-0.05, 0) is 42.6 Å². The zero-order valence-electron chi connectivity index (χ0n) is 8.96. The van der Waals surface area contributed by atoms with Gasteiger partial charge in [0.05, 0.1) is 6.61 Å². The summed E-state index contributed by atoms with van der Waals surface area (Å²) < 4.78 is 5.63. The fourth-order valence-electron chi connectivity index (χ4n) is 2.11. The van der Waals surface area contributed by atoms with Gasteiger partial charge in [0, 0.05) is 6.42 Å². The molecular formula is C12H18N2O. The largest absolute Gasteiger partial charge is 0.493 e. The van der Waals surface area contributed by atoms with E-state index in [9.17, 15) is 0 Å². The maximum atomic E-state index is 5.63. The van der Waals surface area contributed by atoms with Crippen molar-refractivity contribution in [1.29, 1.82) is 0 Å². The molecule has 1 aliphatic rings. The average molecular weight is 206 g/mol. The molecule has 1 aromatic rings. The lowest BCUT2D eigenvalue weighted by Gasteiger charge is -2.09. The first-order valence-electron chi connectivity index (χ1n) is 5.52. The lowest BCUT2D eigenvalue weighted by Crippen LogP contribution is -2.07. The quantitative estimate of drug-likeness (QED) is 0.759. The molecule has 0 amide bonds. The summed E-state index contributed by atoms with van der Waals surface area (Å²) in [7, 11) is 0. The molecule has 1 aliphatic heterocycles. The number of ether oxygens (including phenoxy) is 1. The van der Waals surface area contributed by atoms with E-state index in [0.29, 0.717) is 13.1 Å². The first kappa shape index (κ1) is 10.5. The fourth-order valence-corrected chi connectivity index (χ4v) is 2.11. The number of hydrogen-bond donors (Lipinski definition) is 2. The van der Waals surface area contributed by atoms with Crippen LogP contribution in [0, 0.1) is 0 Å². The van der Waals surface area contributed by atoms with E-state index in [4.69, 9.17) is 16.2 Å². The normalized spacial score (nSPS) is 13.7. The molecule has 0 bridgehead atoms. The third kappa shape index (κ3) is 2.13. The molecule has 15 heavy (non-hydrogen) atoms. The van der Waals surface area contributed by atoms with E-state index in [1.807, 2.05) is 0 Å². The van der Waals surface area contributed by atoms with Gasteiger partial charge in [-0.15, -0.1) is 0 Å². The zero-order valence-corrected chi connectivity index (χ0v) is 8.96. The van der Waals surface area contributed by atoms with Crippen molar-refractivity contribution >= 4 is 0 Å². The zero-order chi connectivity index (χ0) is 10.7. The summed E-state index contributed by atoms with van der Waals surface area (Å²) in [5.74, 6) is 1.07. The maximum Gasteiger partial charge on any atom is 0.125 e. The van der Waals surface area contributed by atoms with E-state index >= 15 is 0 Å². The molecule has 0 spiro atoms. The molecule has 0 saturated carbocycles. The highest BCUT2D eigenvalue weighted by atomic mass is 16.5. The molecule has 82 valence electrons. The Morgan fingerprint density at radius 2 is 1.93 bits per heavy atom. The van der Waals surface area contributed by atoms with Gasteiger partial charge in [0.15, 0.2) is 0 Å². The summed E-state index contributed by atoms with van der Waals surface area (Å²) >= 11 is 0. The second-order valence-corrected chi connectivity index (χ2v) is 3.92. The lowest BCUT2D eigenvalue weighted by atomic mass is 10.00. The van der Waals surface area contributed by atoms with Crippen LogP contribution in [0.4, 0.5) is 0 Å². The number of benzene rings is 1. The topological polar surface area (TPSA) is 61.3 Å². The summed E-state index contributed by atoms with van der Waals surface area (Å²) in [5, 5.41) is 0. The molecule has 0 radical (unpaired) electrons. The molecule has 0 atom stereocenters. The van der Waals surface area contributed by atoms with Crippen molar-refractivity contribution in [2.75, 3.05) is 19.7 Å². The van der Waals surface area contributed by atoms with Crippen molar-refractivity contribution in [2.45, 2.75) is 19.3 Å². The fraction of sp³-hybridized carbons (Fsp3) is 0.500. The van der Waals surface area contributed by atoms with Gasteiger partial charge in [-0.3, -0.25) is 0 Å². The first-order valence-corrected chi connectivity index (χ1v) is 5.52. The minimum Gasteiger partial charge on any atom is -0.493 e. The molecule has 3 heteroatoms. The van der Waals surface area contributed by atoms with E-state index in [1.165, 1.54) is 16.7 Å². The van der Waals surface area contributed by atoms with Crippen LogP contribution in [-0.4, -0.2) is 19.7 Å². The Bertz CT molecular complexity index is 350. The monoisotopic (exact) mass is 206 g/mol. The van der Waals surface area contributed by atoms with E-state index in [2.05, 4.69) is 12.1 Å². The first-order chi connectivity index (χ1) is 7.35. The maximum absolute atomic E-state index is 5.63. The SMILES string of the molecule is NCCc1cc(CCN)c2c(c1)CCO2. The van der Waals surface area contributed by atoms with Gasteiger partial charge in [-0.2, -0.15) is 0 Å². The second kappa shape index (κ2) is 4.64. The van der Waals surface area contributed by atoms with Gasteiger partial charge >= 0.3 is 0 Å². The van der Waals surface area contributed by atoms with Crippen LogP contribution in [0.15, 0.2) is 12.1 Å². The summed E-state index contributed by atoms with van der Waals surface area (Å²) in [4.78, 5) is 0. The molecule has 2 rings (SSSR count). The minimum absolute atomic E-state index is 0.669. The van der Waals surface area contributed by atoms with Crippen molar-refractivity contribution in [3.05, 3.63) is 28.8 Å². The van der Waals surface area contributed by atoms with Gasteiger partial charge in [-0.1, -0.05) is 12.1 Å². The lowest BCUT2D eigenvalue weighted by molar-refractivity contribution is 0.353. The molecule has 1 heterocycles. The predicted octanol–water partition coefficient (Wildman–Crippen LogP) is 0.624. The third-order valence-corrected chi connectivity index (χ3v) is 2.77. The van der Waals surface area contributed by atoms with Crippen LogP contribution in [0.3, 0.4) is 0 Å². The van der Waals surface area contributed by atoms with Crippen molar-refractivity contribution in [3.63, 3.8) is 0 Å². The standard InChI is InChI=1S/C12H18N2O/c13-4-1-9-7-10(2-5-14)12-11(8-9)3-6-15-12/h7-8H,1-6,13-14H2. The summed E-state index contributed by atoms with van der Waals surface area (Å²) in [5.41, 5.74) is 15.1. The van der Waals surface area contributed by atoms with Crippen LogP contribution in [0.1, 0.15) is 16.7 Å². The van der Waals surface area contributed by atoms with Crippen LogP contribution >= 0.6 is 0 Å². The molecule has 0 fully saturated rings. The van der Waals surface area contributed by atoms with Crippen LogP contribution in [0.25, 0.3) is 0 Å². The molecule has 0 aromatic heterocycles. The van der Waals surface area contributed by atoms with Crippen molar-refractivity contribution < 1.29 is 4.74 Å². The molecule has 3 nitrogen and oxygen atoms in total. The third-order valence-electron chi connectivity index (χ3n) is 2.77. The van der Waals surface area contributed by atoms with E-state index in [-0.39, 0.29) is 0 Å². The van der Waals surface area contributed by atoms with Gasteiger partial charge in [0.1, 0.15) is 5.75 Å². The summed E-state index contributed by atoms with van der Waals surface area (Å²) in [6.45, 7) is 2.17. The Hall–Kier alpha value is -1.06. The minimum atomic E-state index is 0.669. The van der Waals surface area contributed by atoms with Crippen LogP contribution in [0.2, 0.25) is 0 Å². The highest BCUT2D eigenvalue weighted by Gasteiger charge is 2.16. The highest BCUT2D eigenvalue weighted by Crippen LogP contribution is 2.31. The van der Waals surface area contributed by atoms with Gasteiger partial charge in [0.25, 0.3) is 0 Å². The molecule has 4 N–H and O–H groups in total. The Morgan fingerprint density at radius 1 is 1.13 bits per heavy atom. The number of nitrogens with two attached hydrogens (primary N) is 2. The Kier molecular flexibility index (Phi) is 3.23. The average Bonchev–Trinajstić information content (AvgIpc) is 2.67. The van der Waals surface area contributed by atoms with Crippen molar-refractivity contribution in [1.82, 2.24) is 0 Å². The van der Waals surface area contributed by atoms with Gasteiger partial charge in [0.2, 0.25) is 0 Å². The van der Waals surface area contributed by atoms with E-state index in [0.717, 1.165) is 31.6 Å². The molecule has 0 saturated heterocycles. The van der Waals surface area contributed by atoms with Crippen LogP contribution in [0.5, 0.6) is 5.75 Å². The van der Waals surface area contributed by atoms with Crippen LogP contribution in [-0.2, 0) is 19.3 Å². The van der Waals surface area contributed by atoms with E-state index < -0.39 is 0 Å². The second-order valence-electron chi connectivity index (χ2n) is 3.92. The van der Waals surface area contributed by atoms with Crippen LogP contribution < -0.4 is 16.2 Å². The van der Waals surface area contributed by atoms with Crippen molar-refractivity contribution in [2.24, 2.45) is 11.5 Å². The number of fused-ring (bicyclic) bond motifs is 1. The number of hydrogen-bond acceptors (Lipinski definition) is 3. The summed E-state index contributed by atoms with van der Waals surface area (Å²) in [6.07, 6.45) is 2.84. The predicted molar refractivity (Wildman–Crippen MR) is 61.2 cm³/mol. The molecule has 1 aromatic carbocycles. The van der Waals surface area contributed by atoms with E-state index in [1.54, 1.807) is 0 Å².